The molecule has 150 valence electrons. The number of hydrogen-bond donors (Lipinski definition) is 1. The zero-order valence-corrected chi connectivity index (χ0v) is 17.6. The molecular weight excluding hydrogens is 448 g/mol. The van der Waals surface area contributed by atoms with E-state index in [9.17, 15) is 14.9 Å². The van der Waals surface area contributed by atoms with E-state index >= 15 is 0 Å². The summed E-state index contributed by atoms with van der Waals surface area (Å²) in [6, 6.07) is 19.2. The Bertz CT molecular complexity index is 1140. The lowest BCUT2D eigenvalue weighted by Gasteiger charge is -2.05. The second-order valence-corrected chi connectivity index (χ2v) is 6.96. The zero-order valence-electron chi connectivity index (χ0n) is 16.0. The fourth-order valence-corrected chi connectivity index (χ4v) is 3.00. The molecule has 30 heavy (non-hydrogen) atoms. The molecule has 1 heterocycles. The average molecular weight is 465 g/mol. The monoisotopic (exact) mass is 464 g/mol. The standard InChI is InChI=1S/C23H17BrN2O4/c1-2-29-23(28)16-9-7-15(8-10-16)21-12-11-18(30-21)13-17(14-25)22(27)26-20-6-4-3-5-19(20)24/h3-13H,2H2,1H3,(H,26,27)/b17-13+. The van der Waals surface area contributed by atoms with Crippen molar-refractivity contribution < 1.29 is 18.7 Å². The number of benzene rings is 2. The van der Waals surface area contributed by atoms with Gasteiger partial charge in [0.2, 0.25) is 0 Å². The van der Waals surface area contributed by atoms with Gasteiger partial charge < -0.3 is 14.5 Å². The van der Waals surface area contributed by atoms with Gasteiger partial charge in [0, 0.05) is 16.1 Å². The van der Waals surface area contributed by atoms with E-state index < -0.39 is 5.91 Å². The van der Waals surface area contributed by atoms with Crippen LogP contribution >= 0.6 is 15.9 Å². The number of ether oxygens (including phenoxy) is 1. The van der Waals surface area contributed by atoms with Crippen molar-refractivity contribution in [2.75, 3.05) is 11.9 Å². The van der Waals surface area contributed by atoms with Gasteiger partial charge in [-0.3, -0.25) is 4.79 Å². The summed E-state index contributed by atoms with van der Waals surface area (Å²) in [5.41, 5.74) is 1.66. The predicted octanol–water partition coefficient (Wildman–Crippen LogP) is 5.43. The average Bonchev–Trinajstić information content (AvgIpc) is 3.22. The van der Waals surface area contributed by atoms with Crippen LogP contribution in [0.25, 0.3) is 17.4 Å². The Morgan fingerprint density at radius 1 is 1.13 bits per heavy atom. The minimum Gasteiger partial charge on any atom is -0.462 e. The van der Waals surface area contributed by atoms with Crippen molar-refractivity contribution in [3.05, 3.63) is 82.0 Å². The highest BCUT2D eigenvalue weighted by Gasteiger charge is 2.13. The van der Waals surface area contributed by atoms with E-state index in [4.69, 9.17) is 9.15 Å². The topological polar surface area (TPSA) is 92.3 Å². The molecule has 0 saturated heterocycles. The van der Waals surface area contributed by atoms with Gasteiger partial charge in [0.25, 0.3) is 5.91 Å². The van der Waals surface area contributed by atoms with Crippen LogP contribution in [0.15, 0.2) is 75.1 Å². The van der Waals surface area contributed by atoms with Crippen molar-refractivity contribution >= 4 is 39.6 Å². The summed E-state index contributed by atoms with van der Waals surface area (Å²) in [6.45, 7) is 2.06. The summed E-state index contributed by atoms with van der Waals surface area (Å²) >= 11 is 3.35. The number of anilines is 1. The fraction of sp³-hybridized carbons (Fsp3) is 0.0870. The molecule has 0 fully saturated rings. The number of carbonyl (C=O) groups is 2. The number of nitrogens with one attached hydrogen (secondary N) is 1. The SMILES string of the molecule is CCOC(=O)c1ccc(-c2ccc(/C=C(\C#N)C(=O)Nc3ccccc3Br)o2)cc1. The van der Waals surface area contributed by atoms with Crippen molar-refractivity contribution in [3.63, 3.8) is 0 Å². The third kappa shape index (κ3) is 5.04. The number of nitriles is 1. The maximum atomic E-state index is 12.4. The molecule has 0 spiro atoms. The third-order valence-electron chi connectivity index (χ3n) is 4.08. The summed E-state index contributed by atoms with van der Waals surface area (Å²) in [4.78, 5) is 24.2. The molecule has 7 heteroatoms. The highest BCUT2D eigenvalue weighted by molar-refractivity contribution is 9.10. The predicted molar refractivity (Wildman–Crippen MR) is 116 cm³/mol. The lowest BCUT2D eigenvalue weighted by atomic mass is 10.1. The van der Waals surface area contributed by atoms with Crippen LogP contribution < -0.4 is 5.32 Å². The van der Waals surface area contributed by atoms with Crippen molar-refractivity contribution in [2.45, 2.75) is 6.92 Å². The number of para-hydroxylation sites is 1. The number of rotatable bonds is 6. The fourth-order valence-electron chi connectivity index (χ4n) is 2.61. The first kappa shape index (κ1) is 21.1. The molecule has 1 aromatic heterocycles. The van der Waals surface area contributed by atoms with Gasteiger partial charge in [-0.05, 0) is 59.3 Å². The first-order valence-electron chi connectivity index (χ1n) is 9.07. The number of halogens is 1. The number of carbonyl (C=O) groups excluding carboxylic acids is 2. The first-order valence-corrected chi connectivity index (χ1v) is 9.86. The molecule has 0 radical (unpaired) electrons. The van der Waals surface area contributed by atoms with Crippen LogP contribution in [-0.2, 0) is 9.53 Å². The molecule has 3 aromatic rings. The van der Waals surface area contributed by atoms with E-state index in [-0.39, 0.29) is 11.5 Å². The quantitative estimate of drug-likeness (QED) is 0.298. The summed E-state index contributed by atoms with van der Waals surface area (Å²) in [5, 5.41) is 12.1. The van der Waals surface area contributed by atoms with Gasteiger partial charge in [0.05, 0.1) is 17.9 Å². The second-order valence-electron chi connectivity index (χ2n) is 6.10. The van der Waals surface area contributed by atoms with Crippen LogP contribution in [0.5, 0.6) is 0 Å². The number of nitrogens with zero attached hydrogens (tertiary/aromatic N) is 1. The van der Waals surface area contributed by atoms with Crippen molar-refractivity contribution in [3.8, 4) is 17.4 Å². The van der Waals surface area contributed by atoms with Gasteiger partial charge in [-0.1, -0.05) is 24.3 Å². The Kier molecular flexibility index (Phi) is 6.83. The van der Waals surface area contributed by atoms with E-state index in [1.54, 1.807) is 61.5 Å². The molecule has 1 N–H and O–H groups in total. The van der Waals surface area contributed by atoms with Gasteiger partial charge in [-0.15, -0.1) is 0 Å². The van der Waals surface area contributed by atoms with E-state index in [0.29, 0.717) is 33.9 Å². The van der Waals surface area contributed by atoms with Crippen LogP contribution in [0.2, 0.25) is 0 Å². The normalized spacial score (nSPS) is 10.9. The molecule has 0 aliphatic carbocycles. The molecule has 6 nitrogen and oxygen atoms in total. The van der Waals surface area contributed by atoms with Gasteiger partial charge in [0.15, 0.2) is 0 Å². The second kappa shape index (κ2) is 9.72. The molecule has 0 aliphatic heterocycles. The Morgan fingerprint density at radius 2 is 1.87 bits per heavy atom. The maximum Gasteiger partial charge on any atom is 0.338 e. The van der Waals surface area contributed by atoms with Gasteiger partial charge >= 0.3 is 5.97 Å². The molecule has 1 amide bonds. The van der Waals surface area contributed by atoms with Crippen LogP contribution in [0, 0.1) is 11.3 Å². The summed E-state index contributed by atoms with van der Waals surface area (Å²) in [6.07, 6.45) is 1.38. The number of hydrogen-bond acceptors (Lipinski definition) is 5. The minimum atomic E-state index is -0.541. The van der Waals surface area contributed by atoms with Crippen molar-refractivity contribution in [1.82, 2.24) is 0 Å². The summed E-state index contributed by atoms with van der Waals surface area (Å²) < 4.78 is 11.4. The highest BCUT2D eigenvalue weighted by Crippen LogP contribution is 2.25. The molecule has 2 aromatic carbocycles. The van der Waals surface area contributed by atoms with E-state index in [1.807, 2.05) is 12.1 Å². The molecule has 0 saturated carbocycles. The highest BCUT2D eigenvalue weighted by atomic mass is 79.9. The summed E-state index contributed by atoms with van der Waals surface area (Å²) in [7, 11) is 0. The maximum absolute atomic E-state index is 12.4. The van der Waals surface area contributed by atoms with Crippen LogP contribution in [0.1, 0.15) is 23.0 Å². The van der Waals surface area contributed by atoms with E-state index in [0.717, 1.165) is 5.56 Å². The van der Waals surface area contributed by atoms with Crippen molar-refractivity contribution in [1.29, 1.82) is 5.26 Å². The molecule has 0 bridgehead atoms. The Labute approximate surface area is 181 Å². The minimum absolute atomic E-state index is 0.0932. The molecule has 0 atom stereocenters. The van der Waals surface area contributed by atoms with Gasteiger partial charge in [-0.25, -0.2) is 4.79 Å². The van der Waals surface area contributed by atoms with Gasteiger partial charge in [0.1, 0.15) is 23.2 Å². The third-order valence-corrected chi connectivity index (χ3v) is 4.77. The first-order chi connectivity index (χ1) is 14.5. The lowest BCUT2D eigenvalue weighted by molar-refractivity contribution is -0.112. The van der Waals surface area contributed by atoms with E-state index in [1.165, 1.54) is 6.08 Å². The van der Waals surface area contributed by atoms with E-state index in [2.05, 4.69) is 21.2 Å². The largest absolute Gasteiger partial charge is 0.462 e. The lowest BCUT2D eigenvalue weighted by Crippen LogP contribution is -2.13. The van der Waals surface area contributed by atoms with Gasteiger partial charge in [-0.2, -0.15) is 5.26 Å². The molecule has 0 aliphatic rings. The summed E-state index contributed by atoms with van der Waals surface area (Å²) in [5.74, 6) is -0.0264. The van der Waals surface area contributed by atoms with Crippen LogP contribution in [0.4, 0.5) is 5.69 Å². The zero-order chi connectivity index (χ0) is 21.5. The molecule has 0 unspecified atom stereocenters. The Balaban J connectivity index is 1.76. The molecular formula is C23H17BrN2O4. The Hall–Kier alpha value is -3.63. The molecule has 3 rings (SSSR count). The van der Waals surface area contributed by atoms with Crippen molar-refractivity contribution in [2.24, 2.45) is 0 Å². The smallest absolute Gasteiger partial charge is 0.338 e. The number of furan rings is 1. The number of esters is 1. The Morgan fingerprint density at radius 3 is 2.53 bits per heavy atom. The van der Waals surface area contributed by atoms with Crippen LogP contribution in [-0.4, -0.2) is 18.5 Å². The van der Waals surface area contributed by atoms with Crippen LogP contribution in [0.3, 0.4) is 0 Å². The number of amides is 1.